The molecule has 0 bridgehead atoms. The van der Waals surface area contributed by atoms with Gasteiger partial charge in [-0.3, -0.25) is 0 Å². The van der Waals surface area contributed by atoms with E-state index in [0.717, 1.165) is 11.4 Å². The van der Waals surface area contributed by atoms with Crippen LogP contribution in [0.25, 0.3) is 0 Å². The zero-order valence-corrected chi connectivity index (χ0v) is 15.1. The second kappa shape index (κ2) is 6.57. The van der Waals surface area contributed by atoms with Crippen LogP contribution in [0.5, 0.6) is 0 Å². The van der Waals surface area contributed by atoms with Crippen LogP contribution in [0.1, 0.15) is 52.7 Å². The topological polar surface area (TPSA) is 24.4 Å². The first-order valence-electron chi connectivity index (χ1n) is 8.18. The Morgan fingerprint density at radius 1 is 0.739 bits per heavy atom. The Morgan fingerprint density at radius 3 is 1.87 bits per heavy atom. The monoisotopic (exact) mass is 308 g/mol. The third-order valence-corrected chi connectivity index (χ3v) is 3.87. The van der Waals surface area contributed by atoms with E-state index in [9.17, 15) is 0 Å². The van der Waals surface area contributed by atoms with Gasteiger partial charge in [-0.15, -0.1) is 0 Å². The normalized spacial score (nSPS) is 12.6. The van der Waals surface area contributed by atoms with Crippen LogP contribution >= 0.6 is 0 Å². The van der Waals surface area contributed by atoms with Gasteiger partial charge in [0, 0.05) is 5.69 Å². The zero-order chi connectivity index (χ0) is 17.1. The van der Waals surface area contributed by atoms with Gasteiger partial charge in [0.2, 0.25) is 0 Å². The van der Waals surface area contributed by atoms with Crippen LogP contribution in [0.4, 0.5) is 11.4 Å². The molecule has 2 aromatic carbocycles. The Labute approximate surface area is 140 Å². The summed E-state index contributed by atoms with van der Waals surface area (Å²) < 4.78 is 0. The first-order chi connectivity index (χ1) is 10.7. The van der Waals surface area contributed by atoms with Gasteiger partial charge in [-0.25, -0.2) is 4.99 Å². The van der Waals surface area contributed by atoms with Gasteiger partial charge < -0.3 is 5.32 Å². The summed E-state index contributed by atoms with van der Waals surface area (Å²) in [7, 11) is 0. The van der Waals surface area contributed by atoms with Crippen LogP contribution in [0.3, 0.4) is 0 Å². The average molecular weight is 308 g/mol. The molecule has 0 aromatic heterocycles. The van der Waals surface area contributed by atoms with Crippen LogP contribution in [0.15, 0.2) is 53.5 Å². The molecule has 2 heteroatoms. The van der Waals surface area contributed by atoms with Crippen LogP contribution in [-0.4, -0.2) is 6.34 Å². The number of hydrogen-bond acceptors (Lipinski definition) is 1. The summed E-state index contributed by atoms with van der Waals surface area (Å²) in [6.07, 6.45) is 1.80. The fourth-order valence-electron chi connectivity index (χ4n) is 2.65. The molecule has 0 saturated heterocycles. The van der Waals surface area contributed by atoms with E-state index in [0.29, 0.717) is 0 Å². The van der Waals surface area contributed by atoms with Gasteiger partial charge in [0.15, 0.2) is 0 Å². The Morgan fingerprint density at radius 2 is 1.26 bits per heavy atom. The second-order valence-corrected chi connectivity index (χ2v) is 7.97. The van der Waals surface area contributed by atoms with Crippen molar-refractivity contribution in [1.29, 1.82) is 0 Å². The van der Waals surface area contributed by atoms with Crippen molar-refractivity contribution in [3.8, 4) is 0 Å². The van der Waals surface area contributed by atoms with Crippen LogP contribution < -0.4 is 5.32 Å². The minimum absolute atomic E-state index is 0.0806. The smallest absolute Gasteiger partial charge is 0.0930 e. The maximum Gasteiger partial charge on any atom is 0.0930 e. The summed E-state index contributed by atoms with van der Waals surface area (Å²) in [5.74, 6) is 0. The maximum atomic E-state index is 4.65. The Hall–Kier alpha value is -2.09. The highest BCUT2D eigenvalue weighted by Gasteiger charge is 2.18. The number of anilines is 1. The van der Waals surface area contributed by atoms with Gasteiger partial charge in [-0.1, -0.05) is 77.9 Å². The van der Waals surface area contributed by atoms with Gasteiger partial charge in [-0.05, 0) is 34.1 Å². The molecule has 0 spiro atoms. The van der Waals surface area contributed by atoms with Crippen molar-refractivity contribution in [2.75, 3.05) is 5.32 Å². The van der Waals surface area contributed by atoms with Crippen molar-refractivity contribution in [2.45, 2.75) is 52.4 Å². The molecule has 0 atom stereocenters. The molecule has 23 heavy (non-hydrogen) atoms. The van der Waals surface area contributed by atoms with E-state index in [-0.39, 0.29) is 10.8 Å². The molecule has 2 aromatic rings. The quantitative estimate of drug-likeness (QED) is 0.541. The number of rotatable bonds is 3. The molecule has 0 heterocycles. The zero-order valence-electron chi connectivity index (χ0n) is 15.1. The molecular formula is C21H28N2. The number of nitrogens with zero attached hydrogens (tertiary/aromatic N) is 1. The minimum Gasteiger partial charge on any atom is -0.346 e. The van der Waals surface area contributed by atoms with Gasteiger partial charge in [0.1, 0.15) is 0 Å². The van der Waals surface area contributed by atoms with E-state index in [1.807, 2.05) is 6.07 Å². The summed E-state index contributed by atoms with van der Waals surface area (Å²) in [6.45, 7) is 13.3. The first-order valence-corrected chi connectivity index (χ1v) is 8.18. The van der Waals surface area contributed by atoms with Crippen molar-refractivity contribution >= 4 is 17.7 Å². The van der Waals surface area contributed by atoms with Crippen molar-refractivity contribution in [3.63, 3.8) is 0 Å². The molecule has 2 rings (SSSR count). The summed E-state index contributed by atoms with van der Waals surface area (Å²) >= 11 is 0. The minimum atomic E-state index is 0.0806. The molecule has 0 fully saturated rings. The lowest BCUT2D eigenvalue weighted by Gasteiger charge is -2.22. The fourth-order valence-corrected chi connectivity index (χ4v) is 2.65. The molecule has 0 aliphatic carbocycles. The van der Waals surface area contributed by atoms with E-state index in [2.05, 4.69) is 94.3 Å². The molecule has 0 aliphatic rings. The van der Waals surface area contributed by atoms with Gasteiger partial charge in [0.05, 0.1) is 12.0 Å². The molecule has 122 valence electrons. The second-order valence-electron chi connectivity index (χ2n) is 7.97. The standard InChI is InChI=1S/C21H28N2/c1-20(2,3)16-11-7-9-13-18(16)22-15-23-19-14-10-8-12-17(19)21(4,5)6/h7-15H,1-6H3,(H,22,23). The van der Waals surface area contributed by atoms with E-state index in [1.54, 1.807) is 6.34 Å². The van der Waals surface area contributed by atoms with Crippen molar-refractivity contribution in [3.05, 3.63) is 59.7 Å². The van der Waals surface area contributed by atoms with Crippen LogP contribution in [0.2, 0.25) is 0 Å². The third-order valence-electron chi connectivity index (χ3n) is 3.87. The van der Waals surface area contributed by atoms with E-state index in [4.69, 9.17) is 0 Å². The molecule has 0 radical (unpaired) electrons. The highest BCUT2D eigenvalue weighted by molar-refractivity contribution is 5.80. The molecule has 1 N–H and O–H groups in total. The highest BCUT2D eigenvalue weighted by atomic mass is 14.9. The lowest BCUT2D eigenvalue weighted by Crippen LogP contribution is -2.14. The largest absolute Gasteiger partial charge is 0.346 e. The third kappa shape index (κ3) is 4.44. The van der Waals surface area contributed by atoms with Gasteiger partial charge in [-0.2, -0.15) is 0 Å². The Balaban J connectivity index is 2.25. The number of benzene rings is 2. The first kappa shape index (κ1) is 17.3. The molecule has 0 aliphatic heterocycles. The summed E-state index contributed by atoms with van der Waals surface area (Å²) in [5.41, 5.74) is 4.84. The lowest BCUT2D eigenvalue weighted by atomic mass is 9.86. The van der Waals surface area contributed by atoms with E-state index >= 15 is 0 Å². The Kier molecular flexibility index (Phi) is 4.93. The van der Waals surface area contributed by atoms with Crippen LogP contribution in [-0.2, 0) is 10.8 Å². The lowest BCUT2D eigenvalue weighted by molar-refractivity contribution is 0.591. The summed E-state index contributed by atoms with van der Waals surface area (Å²) in [4.78, 5) is 4.65. The predicted octanol–water partition coefficient (Wildman–Crippen LogP) is 6.05. The fraction of sp³-hybridized carbons (Fsp3) is 0.381. The number of para-hydroxylation sites is 2. The van der Waals surface area contributed by atoms with Crippen molar-refractivity contribution in [1.82, 2.24) is 0 Å². The van der Waals surface area contributed by atoms with Gasteiger partial charge in [0.25, 0.3) is 0 Å². The molecule has 0 unspecified atom stereocenters. The summed E-state index contributed by atoms with van der Waals surface area (Å²) in [6, 6.07) is 16.7. The Bertz CT molecular complexity index is 685. The molecular weight excluding hydrogens is 280 g/mol. The highest BCUT2D eigenvalue weighted by Crippen LogP contribution is 2.31. The van der Waals surface area contributed by atoms with E-state index < -0.39 is 0 Å². The number of aliphatic imine (C=N–C) groups is 1. The molecule has 0 saturated carbocycles. The van der Waals surface area contributed by atoms with Gasteiger partial charge >= 0.3 is 0 Å². The van der Waals surface area contributed by atoms with Crippen molar-refractivity contribution < 1.29 is 0 Å². The maximum absolute atomic E-state index is 4.65. The van der Waals surface area contributed by atoms with E-state index in [1.165, 1.54) is 11.1 Å². The molecule has 0 amide bonds. The number of nitrogens with one attached hydrogen (secondary N) is 1. The SMILES string of the molecule is CC(C)(C)c1ccccc1N=CNc1ccccc1C(C)(C)C. The predicted molar refractivity (Wildman–Crippen MR) is 102 cm³/mol. The summed E-state index contributed by atoms with van der Waals surface area (Å²) in [5, 5.41) is 3.36. The average Bonchev–Trinajstić information content (AvgIpc) is 2.46. The number of hydrogen-bond donors (Lipinski definition) is 1. The van der Waals surface area contributed by atoms with Crippen LogP contribution in [0, 0.1) is 0 Å². The molecule has 2 nitrogen and oxygen atoms in total. The van der Waals surface area contributed by atoms with Crippen molar-refractivity contribution in [2.24, 2.45) is 4.99 Å².